The molecule has 0 radical (unpaired) electrons. The molecule has 1 amide bonds. The summed E-state index contributed by atoms with van der Waals surface area (Å²) in [4.78, 5) is 17.0. The van der Waals surface area contributed by atoms with Gasteiger partial charge in [-0.15, -0.1) is 0 Å². The van der Waals surface area contributed by atoms with Gasteiger partial charge in [-0.2, -0.15) is 0 Å². The summed E-state index contributed by atoms with van der Waals surface area (Å²) in [5.74, 6) is 0.0335. The van der Waals surface area contributed by atoms with Gasteiger partial charge in [-0.05, 0) is 44.6 Å². The van der Waals surface area contributed by atoms with Crippen LogP contribution in [0.1, 0.15) is 30.1 Å². The first-order valence-corrected chi connectivity index (χ1v) is 7.16. The Kier molecular flexibility index (Phi) is 4.49. The molecule has 0 saturated carbocycles. The average Bonchev–Trinajstić information content (AvgIpc) is 2.58. The molecule has 0 spiro atoms. The van der Waals surface area contributed by atoms with Crippen molar-refractivity contribution in [1.82, 2.24) is 9.80 Å². The van der Waals surface area contributed by atoms with E-state index in [9.17, 15) is 4.79 Å². The van der Waals surface area contributed by atoms with Crippen molar-refractivity contribution in [2.75, 3.05) is 38.1 Å². The Morgan fingerprint density at radius 2 is 1.90 bits per heavy atom. The van der Waals surface area contributed by atoms with Crippen molar-refractivity contribution in [3.8, 4) is 0 Å². The molecule has 1 saturated heterocycles. The van der Waals surface area contributed by atoms with Crippen molar-refractivity contribution >= 4 is 17.3 Å². The zero-order valence-corrected chi connectivity index (χ0v) is 12.3. The molecule has 1 aromatic carbocycles. The Morgan fingerprint density at radius 1 is 1.25 bits per heavy atom. The summed E-state index contributed by atoms with van der Waals surface area (Å²) in [5, 5.41) is 0. The van der Waals surface area contributed by atoms with Gasteiger partial charge in [0, 0.05) is 36.1 Å². The number of nitrogen functional groups attached to an aromatic ring is 2. The summed E-state index contributed by atoms with van der Waals surface area (Å²) in [7, 11) is 2.11. The zero-order chi connectivity index (χ0) is 14.7. The van der Waals surface area contributed by atoms with E-state index in [2.05, 4.69) is 18.9 Å². The van der Waals surface area contributed by atoms with Gasteiger partial charge in [-0.1, -0.05) is 6.92 Å². The van der Waals surface area contributed by atoms with Crippen molar-refractivity contribution < 1.29 is 4.79 Å². The van der Waals surface area contributed by atoms with E-state index in [-0.39, 0.29) is 11.9 Å². The molecule has 110 valence electrons. The van der Waals surface area contributed by atoms with E-state index in [1.54, 1.807) is 18.2 Å². The zero-order valence-electron chi connectivity index (χ0n) is 12.3. The van der Waals surface area contributed by atoms with Crippen molar-refractivity contribution in [3.05, 3.63) is 23.8 Å². The van der Waals surface area contributed by atoms with Crippen LogP contribution in [0.3, 0.4) is 0 Å². The normalized spacial score (nSPS) is 20.7. The molecule has 20 heavy (non-hydrogen) atoms. The third-order valence-corrected chi connectivity index (χ3v) is 3.86. The highest BCUT2D eigenvalue weighted by Gasteiger charge is 2.27. The highest BCUT2D eigenvalue weighted by atomic mass is 16.2. The quantitative estimate of drug-likeness (QED) is 0.801. The van der Waals surface area contributed by atoms with Crippen LogP contribution < -0.4 is 11.5 Å². The fourth-order valence-corrected chi connectivity index (χ4v) is 2.83. The van der Waals surface area contributed by atoms with Crippen molar-refractivity contribution in [2.45, 2.75) is 25.8 Å². The van der Waals surface area contributed by atoms with Crippen LogP contribution in [0, 0.1) is 0 Å². The van der Waals surface area contributed by atoms with E-state index in [0.29, 0.717) is 16.9 Å². The maximum atomic E-state index is 12.7. The lowest BCUT2D eigenvalue weighted by molar-refractivity contribution is 0.0676. The summed E-state index contributed by atoms with van der Waals surface area (Å²) >= 11 is 0. The summed E-state index contributed by atoms with van der Waals surface area (Å²) in [6.07, 6.45) is 1.95. The number of amides is 1. The van der Waals surface area contributed by atoms with E-state index in [0.717, 1.165) is 32.5 Å². The minimum absolute atomic E-state index is 0.0335. The first-order chi connectivity index (χ1) is 9.51. The van der Waals surface area contributed by atoms with Crippen LogP contribution in [-0.4, -0.2) is 48.4 Å². The lowest BCUT2D eigenvalue weighted by atomic mass is 10.1. The van der Waals surface area contributed by atoms with Gasteiger partial charge in [-0.3, -0.25) is 4.79 Å². The third kappa shape index (κ3) is 3.22. The molecule has 0 bridgehead atoms. The molecule has 5 heteroatoms. The minimum Gasteiger partial charge on any atom is -0.399 e. The second-order valence-electron chi connectivity index (χ2n) is 5.56. The fraction of sp³-hybridized carbons (Fsp3) is 0.533. The van der Waals surface area contributed by atoms with Crippen LogP contribution in [0.15, 0.2) is 18.2 Å². The summed E-state index contributed by atoms with van der Waals surface area (Å²) < 4.78 is 0. The van der Waals surface area contributed by atoms with E-state index >= 15 is 0 Å². The summed E-state index contributed by atoms with van der Waals surface area (Å²) in [6.45, 7) is 4.85. The number of likely N-dealkylation sites (N-methyl/N-ethyl adjacent to an activating group) is 1. The highest BCUT2D eigenvalue weighted by Crippen LogP contribution is 2.19. The standard InChI is InChI=1S/C15H24N4O/c1-3-14-10-18(2)5-4-6-19(14)15(20)11-7-12(16)9-13(17)8-11/h7-9,14H,3-6,10,16-17H2,1-2H3. The first-order valence-electron chi connectivity index (χ1n) is 7.16. The van der Waals surface area contributed by atoms with Gasteiger partial charge in [-0.25, -0.2) is 0 Å². The van der Waals surface area contributed by atoms with Crippen LogP contribution in [0.4, 0.5) is 11.4 Å². The Balaban J connectivity index is 2.25. The Bertz CT molecular complexity index is 469. The number of carbonyl (C=O) groups is 1. The Morgan fingerprint density at radius 3 is 2.50 bits per heavy atom. The maximum Gasteiger partial charge on any atom is 0.254 e. The molecule has 1 aliphatic heterocycles. The maximum absolute atomic E-state index is 12.7. The van der Waals surface area contributed by atoms with Gasteiger partial charge in [0.2, 0.25) is 0 Å². The molecule has 1 fully saturated rings. The van der Waals surface area contributed by atoms with Crippen LogP contribution >= 0.6 is 0 Å². The molecule has 1 heterocycles. The first kappa shape index (κ1) is 14.7. The second kappa shape index (κ2) is 6.13. The molecule has 2 rings (SSSR count). The Hall–Kier alpha value is -1.75. The largest absolute Gasteiger partial charge is 0.399 e. The molecule has 1 aliphatic rings. The highest BCUT2D eigenvalue weighted by molar-refractivity contribution is 5.96. The fourth-order valence-electron chi connectivity index (χ4n) is 2.83. The topological polar surface area (TPSA) is 75.6 Å². The van der Waals surface area contributed by atoms with Crippen molar-refractivity contribution in [1.29, 1.82) is 0 Å². The van der Waals surface area contributed by atoms with Crippen LogP contribution in [0.2, 0.25) is 0 Å². The molecule has 5 nitrogen and oxygen atoms in total. The van der Waals surface area contributed by atoms with Gasteiger partial charge in [0.1, 0.15) is 0 Å². The van der Waals surface area contributed by atoms with Gasteiger partial charge < -0.3 is 21.3 Å². The van der Waals surface area contributed by atoms with Crippen LogP contribution in [0.25, 0.3) is 0 Å². The number of hydrogen-bond donors (Lipinski definition) is 2. The van der Waals surface area contributed by atoms with Gasteiger partial charge in [0.25, 0.3) is 5.91 Å². The number of anilines is 2. The Labute approximate surface area is 120 Å². The molecule has 0 aromatic heterocycles. The molecular formula is C15H24N4O. The predicted octanol–water partition coefficient (Wildman–Crippen LogP) is 1.41. The number of nitrogens with zero attached hydrogens (tertiary/aromatic N) is 2. The lowest BCUT2D eigenvalue weighted by Crippen LogP contribution is -2.43. The van der Waals surface area contributed by atoms with E-state index in [4.69, 9.17) is 11.5 Å². The summed E-state index contributed by atoms with van der Waals surface area (Å²) in [5.41, 5.74) is 13.2. The van der Waals surface area contributed by atoms with Crippen molar-refractivity contribution in [2.24, 2.45) is 0 Å². The molecule has 1 unspecified atom stereocenters. The number of hydrogen-bond acceptors (Lipinski definition) is 4. The molecular weight excluding hydrogens is 252 g/mol. The SMILES string of the molecule is CCC1CN(C)CCCN1C(=O)c1cc(N)cc(N)c1. The van der Waals surface area contributed by atoms with Gasteiger partial charge in [0.05, 0.1) is 0 Å². The third-order valence-electron chi connectivity index (χ3n) is 3.86. The monoisotopic (exact) mass is 276 g/mol. The van der Waals surface area contributed by atoms with Crippen LogP contribution in [-0.2, 0) is 0 Å². The lowest BCUT2D eigenvalue weighted by Gasteiger charge is -2.30. The molecule has 1 atom stereocenters. The second-order valence-corrected chi connectivity index (χ2v) is 5.56. The smallest absolute Gasteiger partial charge is 0.254 e. The average molecular weight is 276 g/mol. The van der Waals surface area contributed by atoms with E-state index in [1.165, 1.54) is 0 Å². The molecule has 1 aromatic rings. The minimum atomic E-state index is 0.0335. The molecule has 0 aliphatic carbocycles. The van der Waals surface area contributed by atoms with Crippen LogP contribution in [0.5, 0.6) is 0 Å². The summed E-state index contributed by atoms with van der Waals surface area (Å²) in [6, 6.07) is 5.34. The number of benzene rings is 1. The van der Waals surface area contributed by atoms with E-state index in [1.807, 2.05) is 4.90 Å². The van der Waals surface area contributed by atoms with Gasteiger partial charge >= 0.3 is 0 Å². The van der Waals surface area contributed by atoms with E-state index < -0.39 is 0 Å². The number of nitrogens with two attached hydrogens (primary N) is 2. The van der Waals surface area contributed by atoms with Gasteiger partial charge in [0.15, 0.2) is 0 Å². The predicted molar refractivity (Wildman–Crippen MR) is 82.5 cm³/mol. The van der Waals surface area contributed by atoms with Crippen molar-refractivity contribution in [3.63, 3.8) is 0 Å². The number of rotatable bonds is 2. The number of carbonyl (C=O) groups excluding carboxylic acids is 1. The molecule has 4 N–H and O–H groups in total.